The molecule has 12 rings (SSSR count). The monoisotopic (exact) mass is 731 g/mol. The maximum atomic E-state index is 2.51. The Balaban J connectivity index is 1.07. The van der Waals surface area contributed by atoms with E-state index in [1.54, 1.807) is 0 Å². The van der Waals surface area contributed by atoms with Crippen LogP contribution in [0, 0.1) is 0 Å². The summed E-state index contributed by atoms with van der Waals surface area (Å²) in [4.78, 5) is 2.51. The number of anilines is 3. The van der Waals surface area contributed by atoms with Gasteiger partial charge in [-0.25, -0.2) is 0 Å². The van der Waals surface area contributed by atoms with E-state index >= 15 is 0 Å². The van der Waals surface area contributed by atoms with Crippen molar-refractivity contribution in [2.75, 3.05) is 4.90 Å². The van der Waals surface area contributed by atoms with Gasteiger partial charge in [-0.2, -0.15) is 0 Å². The molecule has 1 nitrogen and oxygen atoms in total. The van der Waals surface area contributed by atoms with Crippen LogP contribution in [0.25, 0.3) is 75.1 Å². The van der Waals surface area contributed by atoms with Crippen LogP contribution in [0.1, 0.15) is 36.1 Å². The van der Waals surface area contributed by atoms with Crippen LogP contribution in [-0.4, -0.2) is 0 Å². The lowest BCUT2D eigenvalue weighted by Gasteiger charge is -2.28. The van der Waals surface area contributed by atoms with E-state index in [0.29, 0.717) is 0 Å². The van der Waals surface area contributed by atoms with Crippen molar-refractivity contribution in [1.82, 2.24) is 0 Å². The number of fused-ring (bicyclic) bond motifs is 13. The third-order valence-electron chi connectivity index (χ3n) is 12.7. The fraction of sp³-hybridized carbons (Fsp3) is 0.0741. The van der Waals surface area contributed by atoms with Crippen molar-refractivity contribution in [2.45, 2.75) is 25.7 Å². The minimum Gasteiger partial charge on any atom is -0.309 e. The number of hydrogen-bond acceptors (Lipinski definition) is 2. The van der Waals surface area contributed by atoms with Gasteiger partial charge in [-0.3, -0.25) is 0 Å². The van der Waals surface area contributed by atoms with Gasteiger partial charge in [-0.15, -0.1) is 11.3 Å². The summed E-state index contributed by atoms with van der Waals surface area (Å²) in [6.45, 7) is 4.75. The highest BCUT2D eigenvalue weighted by atomic mass is 32.1. The number of thiophene rings is 1. The number of rotatable bonds is 4. The van der Waals surface area contributed by atoms with Crippen LogP contribution in [0.2, 0.25) is 0 Å². The molecule has 2 heteroatoms. The molecule has 0 atom stereocenters. The normalized spacial score (nSPS) is 13.6. The molecule has 2 aliphatic rings. The van der Waals surface area contributed by atoms with E-state index in [2.05, 4.69) is 195 Å². The first-order valence-electron chi connectivity index (χ1n) is 19.6. The van der Waals surface area contributed by atoms with Crippen LogP contribution >= 0.6 is 11.3 Å². The quantitative estimate of drug-likeness (QED) is 0.174. The van der Waals surface area contributed by atoms with Crippen LogP contribution in [0.3, 0.4) is 0 Å². The van der Waals surface area contributed by atoms with Crippen LogP contribution in [0.5, 0.6) is 0 Å². The van der Waals surface area contributed by atoms with E-state index in [1.165, 1.54) is 109 Å². The first-order valence-corrected chi connectivity index (χ1v) is 20.5. The molecule has 1 aromatic heterocycles. The summed E-state index contributed by atoms with van der Waals surface area (Å²) in [5.41, 5.74) is 17.0. The van der Waals surface area contributed by atoms with Gasteiger partial charge in [-0.1, -0.05) is 153 Å². The first kappa shape index (κ1) is 31.8. The average Bonchev–Trinajstić information content (AvgIpc) is 3.89. The molecule has 2 aliphatic carbocycles. The van der Waals surface area contributed by atoms with Gasteiger partial charge >= 0.3 is 0 Å². The molecule has 0 amide bonds. The highest BCUT2D eigenvalue weighted by Crippen LogP contribution is 2.54. The summed E-state index contributed by atoms with van der Waals surface area (Å²) < 4.78 is 2.65. The van der Waals surface area contributed by atoms with Crippen molar-refractivity contribution < 1.29 is 0 Å². The molecule has 1 heterocycles. The van der Waals surface area contributed by atoms with Gasteiger partial charge in [0.15, 0.2) is 0 Å². The topological polar surface area (TPSA) is 3.24 Å². The fourth-order valence-electron chi connectivity index (χ4n) is 10.0. The molecule has 56 heavy (non-hydrogen) atoms. The van der Waals surface area contributed by atoms with E-state index < -0.39 is 0 Å². The Morgan fingerprint density at radius 3 is 2.04 bits per heavy atom. The van der Waals surface area contributed by atoms with Crippen LogP contribution in [-0.2, 0) is 11.8 Å². The van der Waals surface area contributed by atoms with Gasteiger partial charge < -0.3 is 4.90 Å². The average molecular weight is 732 g/mol. The Morgan fingerprint density at radius 1 is 0.500 bits per heavy atom. The van der Waals surface area contributed by atoms with E-state index in [-0.39, 0.29) is 5.41 Å². The Labute approximate surface area is 330 Å². The Bertz CT molecular complexity index is 3250. The van der Waals surface area contributed by atoms with E-state index in [9.17, 15) is 0 Å². The van der Waals surface area contributed by atoms with Crippen molar-refractivity contribution in [3.63, 3.8) is 0 Å². The van der Waals surface area contributed by atoms with Crippen molar-refractivity contribution in [3.05, 3.63) is 198 Å². The summed E-state index contributed by atoms with van der Waals surface area (Å²) in [6, 6.07) is 65.8. The Kier molecular flexibility index (Phi) is 6.68. The second kappa shape index (κ2) is 11.8. The lowest BCUT2D eigenvalue weighted by Crippen LogP contribution is -2.16. The van der Waals surface area contributed by atoms with E-state index in [1.807, 2.05) is 11.3 Å². The molecule has 264 valence electrons. The van der Waals surface area contributed by atoms with Gasteiger partial charge in [-0.05, 0) is 120 Å². The smallest absolute Gasteiger partial charge is 0.0640 e. The lowest BCUT2D eigenvalue weighted by molar-refractivity contribution is 0.660. The highest BCUT2D eigenvalue weighted by Gasteiger charge is 2.36. The van der Waals surface area contributed by atoms with Gasteiger partial charge in [0.1, 0.15) is 0 Å². The zero-order valence-electron chi connectivity index (χ0n) is 31.3. The summed E-state index contributed by atoms with van der Waals surface area (Å²) in [6.07, 6.45) is 0.974. The highest BCUT2D eigenvalue weighted by molar-refractivity contribution is 7.26. The molecule has 0 aliphatic heterocycles. The summed E-state index contributed by atoms with van der Waals surface area (Å²) in [5.74, 6) is 0. The first-order chi connectivity index (χ1) is 27.5. The van der Waals surface area contributed by atoms with E-state index in [0.717, 1.165) is 12.1 Å². The zero-order chi connectivity index (χ0) is 37.1. The summed E-state index contributed by atoms with van der Waals surface area (Å²) in [7, 11) is 0. The molecule has 0 saturated heterocycles. The standard InChI is InChI=1S/C54H37NS/c1-54(2)47-19-8-7-16-42(47)43-29-27-38(32-48(43)54)55(37-25-21-35(22-26-37)40-17-9-13-33-11-3-5-14-39(33)40)49-20-10-18-45-52-50(56-53(45)49)30-24-36-31-46-41-15-6-4-12-34(41)23-28-44(46)51(36)52/h3-30,32H,31H2,1-2H3. The van der Waals surface area contributed by atoms with Crippen molar-refractivity contribution in [2.24, 2.45) is 0 Å². The fourth-order valence-corrected chi connectivity index (χ4v) is 11.2. The number of nitrogens with zero attached hydrogens (tertiary/aromatic N) is 1. The molecule has 0 spiro atoms. The predicted molar refractivity (Wildman–Crippen MR) is 240 cm³/mol. The molecule has 0 saturated carbocycles. The third kappa shape index (κ3) is 4.48. The maximum absolute atomic E-state index is 2.51. The minimum absolute atomic E-state index is 0.104. The molecule has 0 fully saturated rings. The van der Waals surface area contributed by atoms with Crippen LogP contribution < -0.4 is 4.90 Å². The van der Waals surface area contributed by atoms with Gasteiger partial charge in [0.2, 0.25) is 0 Å². The summed E-state index contributed by atoms with van der Waals surface area (Å²) >= 11 is 1.93. The summed E-state index contributed by atoms with van der Waals surface area (Å²) in [5, 5.41) is 7.93. The molecular formula is C54H37NS. The minimum atomic E-state index is -0.104. The van der Waals surface area contributed by atoms with Crippen molar-refractivity contribution >= 4 is 70.1 Å². The largest absolute Gasteiger partial charge is 0.309 e. The van der Waals surface area contributed by atoms with Crippen LogP contribution in [0.4, 0.5) is 17.1 Å². The van der Waals surface area contributed by atoms with Gasteiger partial charge in [0, 0.05) is 32.3 Å². The lowest BCUT2D eigenvalue weighted by atomic mass is 9.82. The van der Waals surface area contributed by atoms with Gasteiger partial charge in [0.25, 0.3) is 0 Å². The van der Waals surface area contributed by atoms with Crippen molar-refractivity contribution in [3.8, 4) is 33.4 Å². The molecule has 0 bridgehead atoms. The van der Waals surface area contributed by atoms with Gasteiger partial charge in [0.05, 0.1) is 10.4 Å². The Morgan fingerprint density at radius 2 is 1.16 bits per heavy atom. The second-order valence-electron chi connectivity index (χ2n) is 16.0. The molecule has 0 N–H and O–H groups in total. The van der Waals surface area contributed by atoms with Crippen molar-refractivity contribution in [1.29, 1.82) is 0 Å². The SMILES string of the molecule is CC1(C)c2ccccc2-c2ccc(N(c3ccc(-c4cccc5ccccc45)cc3)c3cccc4c3sc3ccc5c(c34)-c3ccc4ccccc4c3C5)cc21. The second-order valence-corrected chi connectivity index (χ2v) is 17.1. The molecule has 10 aromatic rings. The molecular weight excluding hydrogens is 695 g/mol. The Hall–Kier alpha value is -6.48. The molecule has 0 radical (unpaired) electrons. The number of hydrogen-bond donors (Lipinski definition) is 0. The number of benzene rings is 9. The maximum Gasteiger partial charge on any atom is 0.0640 e. The predicted octanol–water partition coefficient (Wildman–Crippen LogP) is 15.4. The molecule has 9 aromatic carbocycles. The third-order valence-corrected chi connectivity index (χ3v) is 13.9. The zero-order valence-corrected chi connectivity index (χ0v) is 32.1. The molecule has 0 unspecified atom stereocenters. The van der Waals surface area contributed by atoms with Crippen LogP contribution in [0.15, 0.2) is 176 Å². The van der Waals surface area contributed by atoms with E-state index in [4.69, 9.17) is 0 Å².